The summed E-state index contributed by atoms with van der Waals surface area (Å²) in [6.45, 7) is 7.29. The van der Waals surface area contributed by atoms with Gasteiger partial charge in [-0.2, -0.15) is 0 Å². The molecule has 1 aromatic rings. The Morgan fingerprint density at radius 3 is 2.30 bits per heavy atom. The molecule has 126 valence electrons. The highest BCUT2D eigenvalue weighted by atomic mass is 16.6. The molecule has 0 bridgehead atoms. The van der Waals surface area contributed by atoms with Crippen LogP contribution in [0.15, 0.2) is 30.3 Å². The van der Waals surface area contributed by atoms with Crippen LogP contribution < -0.4 is 0 Å². The zero-order valence-corrected chi connectivity index (χ0v) is 14.6. The van der Waals surface area contributed by atoms with E-state index in [0.717, 1.165) is 32.4 Å². The molecule has 0 N–H and O–H groups in total. The van der Waals surface area contributed by atoms with Gasteiger partial charge in [0.1, 0.15) is 5.60 Å². The molecule has 23 heavy (non-hydrogen) atoms. The summed E-state index contributed by atoms with van der Waals surface area (Å²) in [6.07, 6.45) is 2.79. The van der Waals surface area contributed by atoms with E-state index in [1.807, 2.05) is 31.7 Å². The van der Waals surface area contributed by atoms with Crippen LogP contribution in [0.5, 0.6) is 0 Å². The number of carbonyl (C=O) groups is 1. The number of ether oxygens (including phenoxy) is 2. The molecular weight excluding hydrogens is 290 g/mol. The van der Waals surface area contributed by atoms with Gasteiger partial charge in [-0.1, -0.05) is 30.3 Å². The number of nitrogens with zero attached hydrogens (tertiary/aromatic N) is 1. The number of methoxy groups -OCH3 is 1. The van der Waals surface area contributed by atoms with Crippen molar-refractivity contribution in [3.05, 3.63) is 35.9 Å². The van der Waals surface area contributed by atoms with Crippen molar-refractivity contribution in [2.45, 2.75) is 51.2 Å². The minimum atomic E-state index is -0.428. The van der Waals surface area contributed by atoms with Crippen LogP contribution in [0.1, 0.15) is 39.2 Å². The Balaban J connectivity index is 1.53. The van der Waals surface area contributed by atoms with E-state index in [0.29, 0.717) is 0 Å². The molecule has 4 heteroatoms. The molecule has 1 saturated carbocycles. The first-order chi connectivity index (χ1) is 10.7. The molecular formula is C19H27NO3. The third-order valence-electron chi connectivity index (χ3n) is 4.90. The van der Waals surface area contributed by atoms with Crippen molar-refractivity contribution in [2.24, 2.45) is 5.41 Å². The van der Waals surface area contributed by atoms with Crippen LogP contribution >= 0.6 is 0 Å². The third-order valence-corrected chi connectivity index (χ3v) is 4.90. The fourth-order valence-electron chi connectivity index (χ4n) is 4.07. The lowest BCUT2D eigenvalue weighted by molar-refractivity contribution is -0.198. The lowest BCUT2D eigenvalue weighted by Gasteiger charge is -2.63. The Morgan fingerprint density at radius 1 is 1.17 bits per heavy atom. The van der Waals surface area contributed by atoms with Crippen molar-refractivity contribution in [1.82, 2.24) is 4.90 Å². The summed E-state index contributed by atoms with van der Waals surface area (Å²) in [5.41, 5.74) is 1.05. The van der Waals surface area contributed by atoms with Crippen molar-refractivity contribution in [1.29, 1.82) is 0 Å². The number of amides is 1. The van der Waals surface area contributed by atoms with Gasteiger partial charge in [-0.3, -0.25) is 0 Å². The molecule has 3 rings (SSSR count). The Kier molecular flexibility index (Phi) is 3.91. The predicted molar refractivity (Wildman–Crippen MR) is 89.4 cm³/mol. The number of rotatable bonds is 3. The maximum Gasteiger partial charge on any atom is 0.410 e. The highest BCUT2D eigenvalue weighted by Crippen LogP contribution is 2.56. The van der Waals surface area contributed by atoms with Crippen LogP contribution in [0.4, 0.5) is 4.79 Å². The van der Waals surface area contributed by atoms with E-state index in [4.69, 9.17) is 9.47 Å². The fraction of sp³-hybridized carbons (Fsp3) is 0.632. The number of hydrogen-bond acceptors (Lipinski definition) is 3. The first-order valence-electron chi connectivity index (χ1n) is 8.32. The number of benzene rings is 1. The number of carbonyl (C=O) groups excluding carboxylic acids is 1. The molecule has 1 aromatic carbocycles. The quantitative estimate of drug-likeness (QED) is 0.854. The first-order valence-corrected chi connectivity index (χ1v) is 8.32. The fourth-order valence-corrected chi connectivity index (χ4v) is 4.07. The van der Waals surface area contributed by atoms with Gasteiger partial charge in [0.05, 0.1) is 5.60 Å². The molecule has 1 aliphatic heterocycles. The molecule has 1 heterocycles. The minimum Gasteiger partial charge on any atom is -0.444 e. The highest BCUT2D eigenvalue weighted by molar-refractivity contribution is 5.69. The van der Waals surface area contributed by atoms with Crippen molar-refractivity contribution in [2.75, 3.05) is 20.2 Å². The van der Waals surface area contributed by atoms with Gasteiger partial charge in [0.25, 0.3) is 0 Å². The maximum atomic E-state index is 12.1. The zero-order chi connectivity index (χ0) is 16.7. The Hall–Kier alpha value is -1.55. The molecule has 0 unspecified atom stereocenters. The van der Waals surface area contributed by atoms with Crippen molar-refractivity contribution in [3.63, 3.8) is 0 Å². The molecule has 2 aliphatic rings. The van der Waals surface area contributed by atoms with Crippen LogP contribution in [0.2, 0.25) is 0 Å². The summed E-state index contributed by atoms with van der Waals surface area (Å²) < 4.78 is 11.3. The summed E-state index contributed by atoms with van der Waals surface area (Å²) in [5, 5.41) is 0. The number of likely N-dealkylation sites (tertiary alicyclic amines) is 1. The lowest BCUT2D eigenvalue weighted by Crippen LogP contribution is -2.70. The molecule has 1 amide bonds. The summed E-state index contributed by atoms with van der Waals surface area (Å²) in [6, 6.07) is 10.5. The van der Waals surface area contributed by atoms with E-state index < -0.39 is 5.60 Å². The van der Waals surface area contributed by atoms with Gasteiger partial charge in [-0.15, -0.1) is 0 Å². The normalized spacial score (nSPS) is 21.5. The molecule has 2 fully saturated rings. The van der Waals surface area contributed by atoms with E-state index >= 15 is 0 Å². The van der Waals surface area contributed by atoms with Crippen molar-refractivity contribution >= 4 is 6.09 Å². The van der Waals surface area contributed by atoms with Crippen LogP contribution in [0.3, 0.4) is 0 Å². The van der Waals surface area contributed by atoms with Crippen LogP contribution in [0.25, 0.3) is 0 Å². The Labute approximate surface area is 138 Å². The second-order valence-corrected chi connectivity index (χ2v) is 8.24. The zero-order valence-electron chi connectivity index (χ0n) is 14.6. The van der Waals surface area contributed by atoms with E-state index in [1.54, 1.807) is 7.11 Å². The summed E-state index contributed by atoms with van der Waals surface area (Å²) in [7, 11) is 1.81. The van der Waals surface area contributed by atoms with Gasteiger partial charge in [0.2, 0.25) is 0 Å². The monoisotopic (exact) mass is 317 g/mol. The smallest absolute Gasteiger partial charge is 0.410 e. The van der Waals surface area contributed by atoms with Crippen molar-refractivity contribution in [3.8, 4) is 0 Å². The first kappa shape index (κ1) is 16.3. The summed E-state index contributed by atoms with van der Waals surface area (Å²) in [4.78, 5) is 13.9. The van der Waals surface area contributed by atoms with Crippen LogP contribution in [0, 0.1) is 5.41 Å². The largest absolute Gasteiger partial charge is 0.444 e. The van der Waals surface area contributed by atoms with Gasteiger partial charge in [0.15, 0.2) is 0 Å². The summed E-state index contributed by atoms with van der Waals surface area (Å²) >= 11 is 0. The average Bonchev–Trinajstić information content (AvgIpc) is 2.39. The van der Waals surface area contributed by atoms with Gasteiger partial charge in [-0.25, -0.2) is 4.79 Å². The second kappa shape index (κ2) is 5.52. The van der Waals surface area contributed by atoms with Gasteiger partial charge >= 0.3 is 6.09 Å². The SMILES string of the molecule is COC1(Cc2ccccc2)CC2(CN(C(=O)OC(C)(C)C)C2)C1. The second-order valence-electron chi connectivity index (χ2n) is 8.24. The van der Waals surface area contributed by atoms with Gasteiger partial charge in [0, 0.05) is 32.0 Å². The van der Waals surface area contributed by atoms with E-state index in [9.17, 15) is 4.79 Å². The Morgan fingerprint density at radius 2 is 1.78 bits per heavy atom. The molecule has 0 atom stereocenters. The Bertz CT molecular complexity index is 562. The number of hydrogen-bond donors (Lipinski definition) is 0. The predicted octanol–water partition coefficient (Wildman–Crippen LogP) is 3.65. The molecule has 1 spiro atoms. The van der Waals surface area contributed by atoms with Crippen LogP contribution in [-0.2, 0) is 15.9 Å². The summed E-state index contributed by atoms with van der Waals surface area (Å²) in [5.74, 6) is 0. The average molecular weight is 317 g/mol. The standard InChI is InChI=1S/C19H27NO3/c1-17(2,3)23-16(21)20-13-18(14-20)11-19(12-18,22-4)10-15-8-6-5-7-9-15/h5-9H,10-14H2,1-4H3. The molecule has 1 saturated heterocycles. The van der Waals surface area contributed by atoms with E-state index in [-0.39, 0.29) is 17.1 Å². The molecule has 1 aliphatic carbocycles. The molecule has 0 radical (unpaired) electrons. The third kappa shape index (κ3) is 3.37. The highest BCUT2D eigenvalue weighted by Gasteiger charge is 2.61. The van der Waals surface area contributed by atoms with Crippen LogP contribution in [-0.4, -0.2) is 42.4 Å². The molecule has 0 aromatic heterocycles. The lowest BCUT2D eigenvalue weighted by atomic mass is 9.54. The minimum absolute atomic E-state index is 0.0681. The van der Waals surface area contributed by atoms with E-state index in [1.165, 1.54) is 5.56 Å². The van der Waals surface area contributed by atoms with E-state index in [2.05, 4.69) is 24.3 Å². The topological polar surface area (TPSA) is 38.8 Å². The van der Waals surface area contributed by atoms with Gasteiger partial charge < -0.3 is 14.4 Å². The molecule has 4 nitrogen and oxygen atoms in total. The maximum absolute atomic E-state index is 12.1. The van der Waals surface area contributed by atoms with Crippen molar-refractivity contribution < 1.29 is 14.3 Å². The van der Waals surface area contributed by atoms with Gasteiger partial charge in [-0.05, 0) is 39.2 Å².